The van der Waals surface area contributed by atoms with Crippen LogP contribution in [0.25, 0.3) is 0 Å². The minimum atomic E-state index is -0.958. The molecule has 3 nitrogen and oxygen atoms in total. The summed E-state index contributed by atoms with van der Waals surface area (Å²) >= 11 is 0. The lowest BCUT2D eigenvalue weighted by molar-refractivity contribution is -0.131. The molecule has 1 unspecified atom stereocenters. The van der Waals surface area contributed by atoms with Gasteiger partial charge in [0.2, 0.25) is 0 Å². The molecular formula is C14H22O3. The molecule has 0 saturated carbocycles. The first kappa shape index (κ1) is 15.7. The number of allylic oxidation sites excluding steroid dienone is 2. The Hall–Kier alpha value is -1.35. The summed E-state index contributed by atoms with van der Waals surface area (Å²) in [5.41, 5.74) is 0.691. The highest BCUT2D eigenvalue weighted by Crippen LogP contribution is 2.20. The van der Waals surface area contributed by atoms with Crippen molar-refractivity contribution in [3.63, 3.8) is 0 Å². The lowest BCUT2D eigenvalue weighted by Gasteiger charge is -2.25. The fourth-order valence-corrected chi connectivity index (χ4v) is 1.35. The molecule has 0 aromatic heterocycles. The second-order valence-corrected chi connectivity index (χ2v) is 4.40. The van der Waals surface area contributed by atoms with Crippen molar-refractivity contribution in [1.82, 2.24) is 0 Å². The van der Waals surface area contributed by atoms with Crippen molar-refractivity contribution in [2.75, 3.05) is 6.61 Å². The summed E-state index contributed by atoms with van der Waals surface area (Å²) in [4.78, 5) is 10.5. The van der Waals surface area contributed by atoms with Gasteiger partial charge in [-0.2, -0.15) is 0 Å². The average Bonchev–Trinajstić information content (AvgIpc) is 2.23. The molecule has 0 fully saturated rings. The molecule has 0 amide bonds. The normalized spacial score (nSPS) is 14.3. The number of ether oxygens (including phenoxy) is 1. The van der Waals surface area contributed by atoms with Crippen molar-refractivity contribution in [2.45, 2.75) is 39.2 Å². The highest BCUT2D eigenvalue weighted by atomic mass is 16.5. The van der Waals surface area contributed by atoms with Crippen LogP contribution in [0.4, 0.5) is 0 Å². The molecule has 96 valence electrons. The van der Waals surface area contributed by atoms with E-state index in [2.05, 4.69) is 12.7 Å². The lowest BCUT2D eigenvalue weighted by Crippen LogP contribution is -2.26. The van der Waals surface area contributed by atoms with Crippen molar-refractivity contribution < 1.29 is 14.6 Å². The van der Waals surface area contributed by atoms with E-state index in [1.54, 1.807) is 12.2 Å². The number of rotatable bonds is 8. The molecular weight excluding hydrogens is 216 g/mol. The Balaban J connectivity index is 4.53. The van der Waals surface area contributed by atoms with Crippen LogP contribution < -0.4 is 0 Å². The van der Waals surface area contributed by atoms with E-state index in [0.717, 1.165) is 18.9 Å². The number of carbonyl (C=O) groups is 1. The third-order valence-electron chi connectivity index (χ3n) is 2.30. The van der Waals surface area contributed by atoms with Crippen LogP contribution in [0.3, 0.4) is 0 Å². The molecule has 3 heteroatoms. The van der Waals surface area contributed by atoms with E-state index >= 15 is 0 Å². The van der Waals surface area contributed by atoms with Gasteiger partial charge in [-0.25, -0.2) is 4.79 Å². The van der Waals surface area contributed by atoms with Crippen molar-refractivity contribution in [3.05, 3.63) is 36.5 Å². The van der Waals surface area contributed by atoms with Gasteiger partial charge in [-0.15, -0.1) is 6.58 Å². The summed E-state index contributed by atoms with van der Waals surface area (Å²) in [5.74, 6) is -0.958. The number of aliphatic carboxylic acids is 1. The number of hydrogen-bond acceptors (Lipinski definition) is 2. The molecule has 1 atom stereocenters. The van der Waals surface area contributed by atoms with E-state index in [9.17, 15) is 4.79 Å². The van der Waals surface area contributed by atoms with Gasteiger partial charge in [0.25, 0.3) is 0 Å². The first-order chi connectivity index (χ1) is 7.89. The first-order valence-corrected chi connectivity index (χ1v) is 5.70. The zero-order chi connectivity index (χ0) is 13.3. The van der Waals surface area contributed by atoms with Crippen LogP contribution in [-0.2, 0) is 9.53 Å². The SMILES string of the molecule is C=CCOC(C)(/C=C/C(=O)O)CCC=C(C)C. The van der Waals surface area contributed by atoms with Gasteiger partial charge in [-0.3, -0.25) is 0 Å². The van der Waals surface area contributed by atoms with Crippen LogP contribution in [0.15, 0.2) is 36.5 Å². The van der Waals surface area contributed by atoms with Crippen LogP contribution in [0.5, 0.6) is 0 Å². The van der Waals surface area contributed by atoms with Gasteiger partial charge in [0.15, 0.2) is 0 Å². The predicted octanol–water partition coefficient (Wildman–Crippen LogP) is 3.33. The van der Waals surface area contributed by atoms with Crippen LogP contribution in [-0.4, -0.2) is 23.3 Å². The molecule has 0 aliphatic heterocycles. The van der Waals surface area contributed by atoms with Crippen molar-refractivity contribution in [2.24, 2.45) is 0 Å². The zero-order valence-corrected chi connectivity index (χ0v) is 10.9. The molecule has 0 rings (SSSR count). The van der Waals surface area contributed by atoms with E-state index in [1.165, 1.54) is 5.57 Å². The van der Waals surface area contributed by atoms with Crippen LogP contribution in [0.2, 0.25) is 0 Å². The summed E-state index contributed by atoms with van der Waals surface area (Å²) in [6, 6.07) is 0. The first-order valence-electron chi connectivity index (χ1n) is 5.70. The maximum absolute atomic E-state index is 10.5. The molecule has 0 saturated heterocycles. The van der Waals surface area contributed by atoms with Crippen LogP contribution >= 0.6 is 0 Å². The Morgan fingerprint density at radius 2 is 2.12 bits per heavy atom. The number of carboxylic acids is 1. The van der Waals surface area contributed by atoms with Crippen molar-refractivity contribution >= 4 is 5.97 Å². The van der Waals surface area contributed by atoms with E-state index < -0.39 is 11.6 Å². The van der Waals surface area contributed by atoms with Gasteiger partial charge in [-0.1, -0.05) is 17.7 Å². The second-order valence-electron chi connectivity index (χ2n) is 4.40. The topological polar surface area (TPSA) is 46.5 Å². The molecule has 0 radical (unpaired) electrons. The third-order valence-corrected chi connectivity index (χ3v) is 2.30. The monoisotopic (exact) mass is 238 g/mol. The Labute approximate surface area is 103 Å². The highest BCUT2D eigenvalue weighted by molar-refractivity contribution is 5.79. The van der Waals surface area contributed by atoms with Gasteiger partial charge in [0.1, 0.15) is 0 Å². The van der Waals surface area contributed by atoms with E-state index in [1.807, 2.05) is 20.8 Å². The minimum absolute atomic E-state index is 0.412. The fourth-order valence-electron chi connectivity index (χ4n) is 1.35. The second kappa shape index (κ2) is 7.85. The van der Waals surface area contributed by atoms with Crippen LogP contribution in [0, 0.1) is 0 Å². The summed E-state index contributed by atoms with van der Waals surface area (Å²) in [6.45, 7) is 9.96. The van der Waals surface area contributed by atoms with Gasteiger partial charge >= 0.3 is 5.97 Å². The predicted molar refractivity (Wildman–Crippen MR) is 70.0 cm³/mol. The molecule has 0 heterocycles. The van der Waals surface area contributed by atoms with E-state index in [-0.39, 0.29) is 0 Å². The zero-order valence-electron chi connectivity index (χ0n) is 10.9. The highest BCUT2D eigenvalue weighted by Gasteiger charge is 2.20. The maximum atomic E-state index is 10.5. The molecule has 0 aliphatic rings. The van der Waals surface area contributed by atoms with Gasteiger partial charge < -0.3 is 9.84 Å². The summed E-state index contributed by atoms with van der Waals surface area (Å²) in [6.07, 6.45) is 8.11. The van der Waals surface area contributed by atoms with E-state index in [4.69, 9.17) is 9.84 Å². The Morgan fingerprint density at radius 3 is 2.59 bits per heavy atom. The van der Waals surface area contributed by atoms with Crippen molar-refractivity contribution in [3.8, 4) is 0 Å². The molecule has 17 heavy (non-hydrogen) atoms. The fraction of sp³-hybridized carbons (Fsp3) is 0.500. The quantitative estimate of drug-likeness (QED) is 0.521. The Bertz CT molecular complexity index is 311. The molecule has 0 aliphatic carbocycles. The Morgan fingerprint density at radius 1 is 1.47 bits per heavy atom. The van der Waals surface area contributed by atoms with E-state index in [0.29, 0.717) is 6.61 Å². The summed E-state index contributed by atoms with van der Waals surface area (Å²) < 4.78 is 5.61. The standard InChI is InChI=1S/C14H22O3/c1-5-11-17-14(4,10-8-13(15)16)9-6-7-12(2)3/h5,7-8,10H,1,6,9,11H2,2-4H3,(H,15,16)/b10-8+. The molecule has 1 N–H and O–H groups in total. The van der Waals surface area contributed by atoms with Crippen molar-refractivity contribution in [1.29, 1.82) is 0 Å². The minimum Gasteiger partial charge on any atom is -0.478 e. The lowest BCUT2D eigenvalue weighted by atomic mass is 9.98. The van der Waals surface area contributed by atoms with Gasteiger partial charge in [0, 0.05) is 6.08 Å². The van der Waals surface area contributed by atoms with Gasteiger partial charge in [-0.05, 0) is 39.7 Å². The number of carboxylic acid groups (broad SMARTS) is 1. The summed E-state index contributed by atoms with van der Waals surface area (Å²) in [7, 11) is 0. The molecule has 0 aromatic carbocycles. The summed E-state index contributed by atoms with van der Waals surface area (Å²) in [5, 5.41) is 8.64. The molecule has 0 spiro atoms. The van der Waals surface area contributed by atoms with Crippen LogP contribution in [0.1, 0.15) is 33.6 Å². The largest absolute Gasteiger partial charge is 0.478 e. The average molecular weight is 238 g/mol. The smallest absolute Gasteiger partial charge is 0.328 e. The molecule has 0 bridgehead atoms. The van der Waals surface area contributed by atoms with Gasteiger partial charge in [0.05, 0.1) is 12.2 Å². The molecule has 0 aromatic rings. The maximum Gasteiger partial charge on any atom is 0.328 e. The number of hydrogen-bond donors (Lipinski definition) is 1. The third kappa shape index (κ3) is 8.46. The Kier molecular flexibility index (Phi) is 7.22.